The molecule has 1 heterocycles. The minimum absolute atomic E-state index is 0.0273. The lowest BCUT2D eigenvalue weighted by Crippen LogP contribution is -2.40. The van der Waals surface area contributed by atoms with Gasteiger partial charge in [-0.05, 0) is 32.5 Å². The molecular formula is C16H25N3O2. The summed E-state index contributed by atoms with van der Waals surface area (Å²) >= 11 is 0. The predicted octanol–water partition coefficient (Wildman–Crippen LogP) is 0.912. The number of hydrogen-bond acceptors (Lipinski definition) is 4. The highest BCUT2D eigenvalue weighted by atomic mass is 16.5. The van der Waals surface area contributed by atoms with Gasteiger partial charge in [-0.15, -0.1) is 0 Å². The fraction of sp³-hybridized carbons (Fsp3) is 0.562. The summed E-state index contributed by atoms with van der Waals surface area (Å²) in [7, 11) is 4.03. The summed E-state index contributed by atoms with van der Waals surface area (Å²) in [5.41, 5.74) is 6.76. The first-order valence-electron chi connectivity index (χ1n) is 7.46. The van der Waals surface area contributed by atoms with Gasteiger partial charge in [0, 0.05) is 13.1 Å². The SMILES string of the molecule is CN(C)C(CNC(=O)C1CCC(CN)O1)c1ccccc1. The van der Waals surface area contributed by atoms with Crippen molar-refractivity contribution < 1.29 is 9.53 Å². The van der Waals surface area contributed by atoms with Crippen LogP contribution in [0.25, 0.3) is 0 Å². The zero-order valence-corrected chi connectivity index (χ0v) is 12.8. The Morgan fingerprint density at radius 3 is 2.67 bits per heavy atom. The molecule has 0 aliphatic carbocycles. The largest absolute Gasteiger partial charge is 0.364 e. The molecular weight excluding hydrogens is 266 g/mol. The van der Waals surface area contributed by atoms with Gasteiger partial charge in [-0.25, -0.2) is 0 Å². The molecule has 1 saturated heterocycles. The number of amides is 1. The van der Waals surface area contributed by atoms with E-state index in [1.165, 1.54) is 5.56 Å². The minimum Gasteiger partial charge on any atom is -0.364 e. The standard InChI is InChI=1S/C16H25N3O2/c1-19(2)14(12-6-4-3-5-7-12)11-18-16(20)15-9-8-13(10-17)21-15/h3-7,13-15H,8-11,17H2,1-2H3,(H,18,20). The molecule has 1 aliphatic heterocycles. The number of carbonyl (C=O) groups excluding carboxylic acids is 1. The molecule has 21 heavy (non-hydrogen) atoms. The van der Waals surface area contributed by atoms with Crippen LogP contribution in [0.4, 0.5) is 0 Å². The number of nitrogens with zero attached hydrogens (tertiary/aromatic N) is 1. The second kappa shape index (κ2) is 7.54. The van der Waals surface area contributed by atoms with Crippen molar-refractivity contribution >= 4 is 5.91 Å². The molecule has 1 amide bonds. The van der Waals surface area contributed by atoms with Crippen LogP contribution in [0.1, 0.15) is 24.4 Å². The van der Waals surface area contributed by atoms with Crippen LogP contribution in [0.5, 0.6) is 0 Å². The summed E-state index contributed by atoms with van der Waals surface area (Å²) in [6.07, 6.45) is 1.30. The Morgan fingerprint density at radius 1 is 1.38 bits per heavy atom. The molecule has 0 radical (unpaired) electrons. The molecule has 1 aromatic rings. The maximum atomic E-state index is 12.2. The van der Waals surface area contributed by atoms with Crippen LogP contribution < -0.4 is 11.1 Å². The second-order valence-electron chi connectivity index (χ2n) is 5.70. The van der Waals surface area contributed by atoms with E-state index in [4.69, 9.17) is 10.5 Å². The molecule has 0 saturated carbocycles. The molecule has 1 aromatic carbocycles. The average Bonchev–Trinajstić information content (AvgIpc) is 2.97. The Kier molecular flexibility index (Phi) is 5.73. The van der Waals surface area contributed by atoms with E-state index in [2.05, 4.69) is 22.3 Å². The van der Waals surface area contributed by atoms with Gasteiger partial charge in [-0.3, -0.25) is 4.79 Å². The molecule has 5 nitrogen and oxygen atoms in total. The number of likely N-dealkylation sites (N-methyl/N-ethyl adjacent to an activating group) is 1. The highest BCUT2D eigenvalue weighted by Crippen LogP contribution is 2.20. The first-order valence-corrected chi connectivity index (χ1v) is 7.46. The van der Waals surface area contributed by atoms with Crippen LogP contribution in [0.2, 0.25) is 0 Å². The average molecular weight is 291 g/mol. The molecule has 3 atom stereocenters. The van der Waals surface area contributed by atoms with E-state index in [0.29, 0.717) is 13.1 Å². The first-order chi connectivity index (χ1) is 10.1. The van der Waals surface area contributed by atoms with Crippen molar-refractivity contribution in [1.29, 1.82) is 0 Å². The molecule has 1 aliphatic rings. The fourth-order valence-electron chi connectivity index (χ4n) is 2.66. The van der Waals surface area contributed by atoms with Gasteiger partial charge in [0.05, 0.1) is 12.1 Å². The van der Waals surface area contributed by atoms with Crippen LogP contribution in [0.15, 0.2) is 30.3 Å². The zero-order valence-electron chi connectivity index (χ0n) is 12.8. The molecule has 5 heteroatoms. The lowest BCUT2D eigenvalue weighted by atomic mass is 10.1. The summed E-state index contributed by atoms with van der Waals surface area (Å²) in [4.78, 5) is 14.3. The van der Waals surface area contributed by atoms with E-state index in [9.17, 15) is 4.79 Å². The second-order valence-corrected chi connectivity index (χ2v) is 5.70. The van der Waals surface area contributed by atoms with Crippen LogP contribution in [0.3, 0.4) is 0 Å². The monoisotopic (exact) mass is 291 g/mol. The van der Waals surface area contributed by atoms with E-state index in [1.807, 2.05) is 32.3 Å². The fourth-order valence-corrected chi connectivity index (χ4v) is 2.66. The first kappa shape index (κ1) is 15.9. The number of rotatable bonds is 6. The smallest absolute Gasteiger partial charge is 0.249 e. The zero-order chi connectivity index (χ0) is 15.2. The van der Waals surface area contributed by atoms with E-state index in [1.54, 1.807) is 0 Å². The summed E-state index contributed by atoms with van der Waals surface area (Å²) in [5.74, 6) is -0.0336. The number of ether oxygens (including phenoxy) is 1. The van der Waals surface area contributed by atoms with Crippen molar-refractivity contribution in [2.75, 3.05) is 27.2 Å². The number of carbonyl (C=O) groups is 1. The van der Waals surface area contributed by atoms with Gasteiger partial charge in [-0.1, -0.05) is 30.3 Å². The van der Waals surface area contributed by atoms with Gasteiger partial charge < -0.3 is 20.7 Å². The molecule has 3 N–H and O–H groups in total. The summed E-state index contributed by atoms with van der Waals surface area (Å²) < 4.78 is 5.62. The van der Waals surface area contributed by atoms with Gasteiger partial charge in [0.2, 0.25) is 5.91 Å². The number of hydrogen-bond donors (Lipinski definition) is 2. The number of benzene rings is 1. The molecule has 116 valence electrons. The molecule has 0 aromatic heterocycles. The highest BCUT2D eigenvalue weighted by molar-refractivity contribution is 5.81. The van der Waals surface area contributed by atoms with E-state index >= 15 is 0 Å². The van der Waals surface area contributed by atoms with Crippen molar-refractivity contribution in [2.45, 2.75) is 31.1 Å². The highest BCUT2D eigenvalue weighted by Gasteiger charge is 2.30. The lowest BCUT2D eigenvalue weighted by Gasteiger charge is -2.25. The molecule has 0 bridgehead atoms. The topological polar surface area (TPSA) is 67.6 Å². The number of nitrogens with one attached hydrogen (secondary N) is 1. The van der Waals surface area contributed by atoms with Crippen molar-refractivity contribution in [2.24, 2.45) is 5.73 Å². The van der Waals surface area contributed by atoms with Gasteiger partial charge >= 0.3 is 0 Å². The molecule has 0 spiro atoms. The van der Waals surface area contributed by atoms with Crippen LogP contribution in [0, 0.1) is 0 Å². The summed E-state index contributed by atoms with van der Waals surface area (Å²) in [5, 5.41) is 3.00. The van der Waals surface area contributed by atoms with Crippen molar-refractivity contribution in [3.05, 3.63) is 35.9 Å². The third-order valence-electron chi connectivity index (χ3n) is 3.94. The van der Waals surface area contributed by atoms with Crippen molar-refractivity contribution in [3.63, 3.8) is 0 Å². The summed E-state index contributed by atoms with van der Waals surface area (Å²) in [6.45, 7) is 1.05. The molecule has 3 unspecified atom stereocenters. The Labute approximate surface area is 126 Å². The maximum absolute atomic E-state index is 12.2. The third-order valence-corrected chi connectivity index (χ3v) is 3.94. The predicted molar refractivity (Wildman–Crippen MR) is 82.8 cm³/mol. The molecule has 1 fully saturated rings. The van der Waals surface area contributed by atoms with Gasteiger partial charge in [0.1, 0.15) is 6.10 Å². The lowest BCUT2D eigenvalue weighted by molar-refractivity contribution is -0.132. The third kappa shape index (κ3) is 4.27. The van der Waals surface area contributed by atoms with E-state index in [0.717, 1.165) is 12.8 Å². The summed E-state index contributed by atoms with van der Waals surface area (Å²) in [6, 6.07) is 10.3. The van der Waals surface area contributed by atoms with E-state index < -0.39 is 0 Å². The Morgan fingerprint density at radius 2 is 2.10 bits per heavy atom. The van der Waals surface area contributed by atoms with Gasteiger partial charge in [-0.2, -0.15) is 0 Å². The van der Waals surface area contributed by atoms with E-state index in [-0.39, 0.29) is 24.2 Å². The quantitative estimate of drug-likeness (QED) is 0.817. The Hall–Kier alpha value is -1.43. The van der Waals surface area contributed by atoms with Crippen LogP contribution in [-0.2, 0) is 9.53 Å². The Balaban J connectivity index is 1.89. The van der Waals surface area contributed by atoms with Gasteiger partial charge in [0.15, 0.2) is 0 Å². The van der Waals surface area contributed by atoms with Crippen LogP contribution >= 0.6 is 0 Å². The minimum atomic E-state index is -0.350. The van der Waals surface area contributed by atoms with Crippen LogP contribution in [-0.4, -0.2) is 50.2 Å². The van der Waals surface area contributed by atoms with Gasteiger partial charge in [0.25, 0.3) is 0 Å². The van der Waals surface area contributed by atoms with Crippen molar-refractivity contribution in [3.8, 4) is 0 Å². The normalized spacial score (nSPS) is 23.2. The Bertz CT molecular complexity index is 450. The molecule has 2 rings (SSSR count). The van der Waals surface area contributed by atoms with Crippen molar-refractivity contribution in [1.82, 2.24) is 10.2 Å². The maximum Gasteiger partial charge on any atom is 0.249 e. The number of nitrogens with two attached hydrogens (primary N) is 1.